The fraction of sp³-hybridized carbons (Fsp3) is 0. The van der Waals surface area contributed by atoms with Crippen molar-refractivity contribution in [2.45, 2.75) is 0 Å². The van der Waals surface area contributed by atoms with Crippen LogP contribution in [-0.4, -0.2) is 8.07 Å². The van der Waals surface area contributed by atoms with Gasteiger partial charge in [-0.25, -0.2) is 0 Å². The summed E-state index contributed by atoms with van der Waals surface area (Å²) in [4.78, 5) is 0. The second-order valence-electron chi connectivity index (χ2n) is 8.52. The van der Waals surface area contributed by atoms with Gasteiger partial charge in [0, 0.05) is 10.8 Å². The second kappa shape index (κ2) is 6.96. The van der Waals surface area contributed by atoms with Crippen molar-refractivity contribution in [3.05, 3.63) is 121 Å². The molecule has 33 heavy (non-hydrogen) atoms. The van der Waals surface area contributed by atoms with E-state index >= 15 is 0 Å². The third kappa shape index (κ3) is 2.54. The van der Waals surface area contributed by atoms with Crippen molar-refractivity contribution in [2.24, 2.45) is 0 Å². The summed E-state index contributed by atoms with van der Waals surface area (Å²) < 4.78 is 12.8. The maximum absolute atomic E-state index is 6.42. The van der Waals surface area contributed by atoms with Gasteiger partial charge in [0.15, 0.2) is 8.07 Å². The Morgan fingerprint density at radius 2 is 1.06 bits per heavy atom. The molecule has 0 radical (unpaired) electrons. The molecule has 0 unspecified atom stereocenters. The summed E-state index contributed by atoms with van der Waals surface area (Å²) in [5.41, 5.74) is 1.85. The molecule has 156 valence electrons. The Kier molecular flexibility index (Phi) is 3.90. The zero-order chi connectivity index (χ0) is 21.8. The van der Waals surface area contributed by atoms with Crippen LogP contribution in [0.15, 0.2) is 126 Å². The van der Waals surface area contributed by atoms with Gasteiger partial charge in [0.25, 0.3) is 0 Å². The quantitative estimate of drug-likeness (QED) is 0.350. The highest BCUT2D eigenvalue weighted by atomic mass is 28.3. The van der Waals surface area contributed by atoms with E-state index in [0.717, 1.165) is 33.4 Å². The second-order valence-corrected chi connectivity index (χ2v) is 12.3. The molecule has 7 rings (SSSR count). The highest BCUT2D eigenvalue weighted by Gasteiger charge is 2.47. The molecular formula is C30H20O2Si. The van der Waals surface area contributed by atoms with Crippen molar-refractivity contribution in [1.82, 2.24) is 0 Å². The molecule has 0 saturated carbocycles. The molecule has 0 amide bonds. The minimum Gasteiger partial charge on any atom is -0.458 e. The number of para-hydroxylation sites is 3. The van der Waals surface area contributed by atoms with Gasteiger partial charge >= 0.3 is 0 Å². The summed E-state index contributed by atoms with van der Waals surface area (Å²) in [6.07, 6.45) is 0. The fourth-order valence-electron chi connectivity index (χ4n) is 5.43. The summed E-state index contributed by atoms with van der Waals surface area (Å²) >= 11 is 0. The zero-order valence-electron chi connectivity index (χ0n) is 17.9. The third-order valence-electron chi connectivity index (χ3n) is 6.82. The Balaban J connectivity index is 1.63. The maximum atomic E-state index is 6.42. The first-order valence-corrected chi connectivity index (χ1v) is 13.2. The number of fused-ring (bicyclic) bond motifs is 5. The van der Waals surface area contributed by atoms with Gasteiger partial charge in [-0.15, -0.1) is 0 Å². The van der Waals surface area contributed by atoms with Crippen LogP contribution in [0.1, 0.15) is 0 Å². The van der Waals surface area contributed by atoms with Gasteiger partial charge in [-0.1, -0.05) is 97.1 Å². The van der Waals surface area contributed by atoms with Crippen LogP contribution >= 0.6 is 0 Å². The van der Waals surface area contributed by atoms with Crippen molar-refractivity contribution in [1.29, 1.82) is 0 Å². The molecule has 1 aliphatic rings. The van der Waals surface area contributed by atoms with Gasteiger partial charge in [-0.05, 0) is 45.0 Å². The first kappa shape index (κ1) is 18.5. The summed E-state index contributed by atoms with van der Waals surface area (Å²) in [5, 5.41) is 7.48. The number of ether oxygens (including phenoxy) is 1. The number of rotatable bonds is 2. The van der Waals surface area contributed by atoms with Crippen LogP contribution in [0.3, 0.4) is 0 Å². The molecule has 0 fully saturated rings. The SMILES string of the molecule is c1ccc([Si]2(c3ccc4c(c3)oc3ccccc34)c3ccccc3Oc3ccccc32)cc1. The van der Waals surface area contributed by atoms with Crippen molar-refractivity contribution < 1.29 is 9.15 Å². The van der Waals surface area contributed by atoms with E-state index in [9.17, 15) is 0 Å². The lowest BCUT2D eigenvalue weighted by Gasteiger charge is -2.39. The Labute approximate surface area is 192 Å². The third-order valence-corrected chi connectivity index (χ3v) is 11.6. The van der Waals surface area contributed by atoms with Crippen molar-refractivity contribution >= 4 is 50.8 Å². The molecule has 0 aliphatic carbocycles. The maximum Gasteiger partial charge on any atom is 0.188 e. The Morgan fingerprint density at radius 1 is 0.455 bits per heavy atom. The van der Waals surface area contributed by atoms with Crippen LogP contribution in [0, 0.1) is 0 Å². The standard InChI is InChI=1S/C30H20O2Si/c1-2-10-21(11-3-1)33(22-18-19-24-23-12-4-5-13-25(23)31-28(24)20-22)29-16-8-6-14-26(29)32-27-15-7-9-17-30(27)33/h1-20H. The minimum absolute atomic E-state index is 0.924. The van der Waals surface area contributed by atoms with Crippen LogP contribution < -0.4 is 25.5 Å². The van der Waals surface area contributed by atoms with E-state index in [2.05, 4.69) is 109 Å². The molecule has 0 atom stereocenters. The Morgan fingerprint density at radius 3 is 1.82 bits per heavy atom. The average molecular weight is 441 g/mol. The predicted molar refractivity (Wildman–Crippen MR) is 137 cm³/mol. The van der Waals surface area contributed by atoms with Crippen molar-refractivity contribution in [3.8, 4) is 11.5 Å². The van der Waals surface area contributed by atoms with Gasteiger partial charge in [0.2, 0.25) is 0 Å². The van der Waals surface area contributed by atoms with Crippen molar-refractivity contribution in [2.75, 3.05) is 0 Å². The lowest BCUT2D eigenvalue weighted by molar-refractivity contribution is 0.487. The van der Waals surface area contributed by atoms with E-state index in [4.69, 9.17) is 9.15 Å². The van der Waals surface area contributed by atoms with Crippen LogP contribution in [0.4, 0.5) is 0 Å². The summed E-state index contributed by atoms with van der Waals surface area (Å²) in [7, 11) is -2.63. The van der Waals surface area contributed by atoms with Crippen molar-refractivity contribution in [3.63, 3.8) is 0 Å². The van der Waals surface area contributed by atoms with Gasteiger partial charge in [-0.3, -0.25) is 0 Å². The van der Waals surface area contributed by atoms with Gasteiger partial charge in [0.05, 0.1) is 0 Å². The zero-order valence-corrected chi connectivity index (χ0v) is 18.9. The topological polar surface area (TPSA) is 22.4 Å². The van der Waals surface area contributed by atoms with Crippen LogP contribution in [0.2, 0.25) is 0 Å². The number of benzene rings is 5. The van der Waals surface area contributed by atoms with E-state index in [0.29, 0.717) is 0 Å². The molecule has 2 heterocycles. The molecule has 2 nitrogen and oxygen atoms in total. The molecular weight excluding hydrogens is 420 g/mol. The highest BCUT2D eigenvalue weighted by molar-refractivity contribution is 7.20. The Bertz CT molecular complexity index is 1600. The number of furan rings is 1. The molecule has 1 aromatic heterocycles. The van der Waals surface area contributed by atoms with Crippen LogP contribution in [0.25, 0.3) is 21.9 Å². The summed E-state index contributed by atoms with van der Waals surface area (Å²) in [6, 6.07) is 43.0. The van der Waals surface area contributed by atoms with E-state index < -0.39 is 8.07 Å². The molecule has 5 aromatic carbocycles. The summed E-state index contributed by atoms with van der Waals surface area (Å²) in [5.74, 6) is 1.88. The highest BCUT2D eigenvalue weighted by Crippen LogP contribution is 2.31. The monoisotopic (exact) mass is 440 g/mol. The van der Waals surface area contributed by atoms with Gasteiger partial charge in [0.1, 0.15) is 22.7 Å². The van der Waals surface area contributed by atoms with E-state index in [-0.39, 0.29) is 0 Å². The number of hydrogen-bond donors (Lipinski definition) is 0. The lowest BCUT2D eigenvalue weighted by atomic mass is 10.1. The summed E-state index contributed by atoms with van der Waals surface area (Å²) in [6.45, 7) is 0. The van der Waals surface area contributed by atoms with Gasteiger partial charge < -0.3 is 9.15 Å². The first-order chi connectivity index (χ1) is 16.4. The molecule has 6 aromatic rings. The average Bonchev–Trinajstić information content (AvgIpc) is 3.26. The lowest BCUT2D eigenvalue weighted by Crippen LogP contribution is -2.76. The minimum atomic E-state index is -2.63. The van der Waals surface area contributed by atoms with E-state index in [1.54, 1.807) is 0 Å². The number of hydrogen-bond acceptors (Lipinski definition) is 2. The first-order valence-electron chi connectivity index (χ1n) is 11.2. The van der Waals surface area contributed by atoms with E-state index in [1.165, 1.54) is 20.7 Å². The van der Waals surface area contributed by atoms with Crippen LogP contribution in [-0.2, 0) is 0 Å². The normalized spacial score (nSPS) is 13.9. The molecule has 0 saturated heterocycles. The molecule has 0 N–H and O–H groups in total. The molecule has 0 spiro atoms. The fourth-order valence-corrected chi connectivity index (χ4v) is 10.4. The van der Waals surface area contributed by atoms with E-state index in [1.807, 2.05) is 12.1 Å². The molecule has 1 aliphatic heterocycles. The predicted octanol–water partition coefficient (Wildman–Crippen LogP) is 5.07. The molecule has 3 heteroatoms. The van der Waals surface area contributed by atoms with Gasteiger partial charge in [-0.2, -0.15) is 0 Å². The molecule has 0 bridgehead atoms. The smallest absolute Gasteiger partial charge is 0.188 e. The Hall–Kier alpha value is -4.08. The largest absolute Gasteiger partial charge is 0.458 e. The van der Waals surface area contributed by atoms with Crippen LogP contribution in [0.5, 0.6) is 11.5 Å².